The number of unbranched alkanes of at least 4 members (excludes halogenated alkanes) is 1. The summed E-state index contributed by atoms with van der Waals surface area (Å²) in [6, 6.07) is 7.97. The number of carboxylic acid groups (broad SMARTS) is 1. The number of allylic oxidation sites excluding steroid dienone is 2. The predicted octanol–water partition coefficient (Wildman–Crippen LogP) is 5.81. The number of hydrogen-bond acceptors (Lipinski definition) is 5. The highest BCUT2D eigenvalue weighted by Crippen LogP contribution is 2.45. The molecule has 34 heavy (non-hydrogen) atoms. The summed E-state index contributed by atoms with van der Waals surface area (Å²) >= 11 is 8.14. The molecule has 0 amide bonds. The van der Waals surface area contributed by atoms with Crippen molar-refractivity contribution in [1.82, 2.24) is 0 Å². The number of halogens is 1. The van der Waals surface area contributed by atoms with Crippen LogP contribution in [0.15, 0.2) is 48.6 Å². The molecule has 5 nitrogen and oxygen atoms in total. The molecule has 7 heteroatoms. The van der Waals surface area contributed by atoms with Crippen molar-refractivity contribution >= 4 is 44.8 Å². The van der Waals surface area contributed by atoms with Crippen LogP contribution in [0.2, 0.25) is 5.02 Å². The van der Waals surface area contributed by atoms with Crippen molar-refractivity contribution in [2.45, 2.75) is 64.6 Å². The van der Waals surface area contributed by atoms with Crippen molar-refractivity contribution in [2.75, 3.05) is 0 Å². The molecule has 1 aliphatic rings. The Kier molecular flexibility index (Phi) is 9.10. The lowest BCUT2D eigenvalue weighted by Crippen LogP contribution is -2.31. The molecule has 1 saturated carbocycles. The Bertz CT molecular complexity index is 1070. The molecular formula is C27H33ClO5S. The second-order valence-corrected chi connectivity index (χ2v) is 11.0. The van der Waals surface area contributed by atoms with Crippen LogP contribution in [0.5, 0.6) is 0 Å². The van der Waals surface area contributed by atoms with Crippen molar-refractivity contribution in [1.29, 1.82) is 0 Å². The zero-order valence-corrected chi connectivity index (χ0v) is 21.2. The van der Waals surface area contributed by atoms with Crippen molar-refractivity contribution < 1.29 is 24.9 Å². The van der Waals surface area contributed by atoms with Crippen LogP contribution in [0.4, 0.5) is 0 Å². The van der Waals surface area contributed by atoms with Gasteiger partial charge in [0, 0.05) is 33.2 Å². The third-order valence-corrected chi connectivity index (χ3v) is 8.46. The number of rotatable bonds is 11. The number of benzene rings is 1. The summed E-state index contributed by atoms with van der Waals surface area (Å²) in [6.45, 7) is 3.52. The molecule has 1 aromatic carbocycles. The van der Waals surface area contributed by atoms with E-state index in [1.54, 1.807) is 37.3 Å². The minimum atomic E-state index is -0.855. The van der Waals surface area contributed by atoms with Crippen molar-refractivity contribution in [3.63, 3.8) is 0 Å². The van der Waals surface area contributed by atoms with Gasteiger partial charge in [-0.1, -0.05) is 68.0 Å². The van der Waals surface area contributed by atoms with Gasteiger partial charge in [0.05, 0.1) is 22.6 Å². The average molecular weight is 505 g/mol. The quantitative estimate of drug-likeness (QED) is 0.265. The van der Waals surface area contributed by atoms with Crippen LogP contribution in [0.1, 0.15) is 50.8 Å². The van der Waals surface area contributed by atoms with E-state index in [0.29, 0.717) is 32.1 Å². The number of carbonyl (C=O) groups excluding carboxylic acids is 1. The van der Waals surface area contributed by atoms with Crippen LogP contribution in [0.3, 0.4) is 0 Å². The Morgan fingerprint density at radius 1 is 1.26 bits per heavy atom. The molecule has 0 radical (unpaired) electrons. The van der Waals surface area contributed by atoms with Gasteiger partial charge in [-0.25, -0.2) is 0 Å². The molecule has 184 valence electrons. The van der Waals surface area contributed by atoms with Crippen LogP contribution in [-0.4, -0.2) is 39.3 Å². The first-order valence-corrected chi connectivity index (χ1v) is 12.9. The lowest BCUT2D eigenvalue weighted by Gasteiger charge is -2.22. The summed E-state index contributed by atoms with van der Waals surface area (Å²) in [5.74, 6) is -1.56. The minimum absolute atomic E-state index is 0.0105. The van der Waals surface area contributed by atoms with Gasteiger partial charge in [0.15, 0.2) is 0 Å². The molecule has 1 fully saturated rings. The van der Waals surface area contributed by atoms with Gasteiger partial charge in [0.25, 0.3) is 0 Å². The first-order chi connectivity index (χ1) is 16.1. The van der Waals surface area contributed by atoms with E-state index >= 15 is 0 Å². The number of aliphatic carboxylic acids is 1. The second kappa shape index (κ2) is 11.6. The summed E-state index contributed by atoms with van der Waals surface area (Å²) in [6.07, 6.45) is 8.68. The first-order valence-electron chi connectivity index (χ1n) is 11.7. The molecule has 0 aliphatic heterocycles. The van der Waals surface area contributed by atoms with E-state index in [-0.39, 0.29) is 24.0 Å². The third-order valence-electron chi connectivity index (χ3n) is 6.68. The normalized spacial score (nSPS) is 23.4. The van der Waals surface area contributed by atoms with Crippen molar-refractivity contribution in [3.8, 4) is 0 Å². The van der Waals surface area contributed by atoms with E-state index in [4.69, 9.17) is 16.7 Å². The molecule has 0 bridgehead atoms. The summed E-state index contributed by atoms with van der Waals surface area (Å²) in [7, 11) is 0. The van der Waals surface area contributed by atoms with E-state index < -0.39 is 23.6 Å². The number of Topliss-reactive ketones (excluding diaryl/α,β-unsaturated/α-hetero) is 1. The standard InChI is InChI=1S/C27H33ClO5S/c1-27(2)25(32)18(9-5-3-4-6-12-23(30)31)19(26(27)33)15-13-17(29)14-16-22-24(28)20-10-7-8-11-21(20)34-22/h3,5,7-8,10-11,13,15,17-19,26,29,33H,4,6,9,12,14,16H2,1-2H3,(H,30,31)/t17?,18-,19-,26+/m1/s1. The Morgan fingerprint density at radius 2 is 2.00 bits per heavy atom. The van der Waals surface area contributed by atoms with E-state index in [1.165, 1.54) is 0 Å². The fourth-order valence-corrected chi connectivity index (χ4v) is 6.13. The lowest BCUT2D eigenvalue weighted by molar-refractivity contribution is -0.137. The second-order valence-electron chi connectivity index (χ2n) is 9.53. The molecule has 1 aliphatic carbocycles. The van der Waals surface area contributed by atoms with Gasteiger partial charge in [-0.2, -0.15) is 0 Å². The molecule has 1 heterocycles. The molecule has 2 aromatic rings. The Labute approximate surface area is 209 Å². The average Bonchev–Trinajstić information content (AvgIpc) is 3.20. The maximum atomic E-state index is 13.0. The van der Waals surface area contributed by atoms with Crippen molar-refractivity contribution in [3.05, 3.63) is 58.5 Å². The van der Waals surface area contributed by atoms with Gasteiger partial charge in [0.2, 0.25) is 0 Å². The van der Waals surface area contributed by atoms with Gasteiger partial charge < -0.3 is 15.3 Å². The fourth-order valence-electron chi connectivity index (χ4n) is 4.59. The van der Waals surface area contributed by atoms with Crippen LogP contribution in [0.25, 0.3) is 10.1 Å². The summed E-state index contributed by atoms with van der Waals surface area (Å²) in [5.41, 5.74) is -0.855. The monoisotopic (exact) mass is 504 g/mol. The highest BCUT2D eigenvalue weighted by atomic mass is 35.5. The molecule has 1 unspecified atom stereocenters. The summed E-state index contributed by atoms with van der Waals surface area (Å²) < 4.78 is 1.13. The van der Waals surface area contributed by atoms with Crippen LogP contribution < -0.4 is 0 Å². The van der Waals surface area contributed by atoms with Gasteiger partial charge in [-0.05, 0) is 38.2 Å². The highest BCUT2D eigenvalue weighted by Gasteiger charge is 2.52. The Balaban J connectivity index is 1.61. The lowest BCUT2D eigenvalue weighted by atomic mass is 9.86. The fraction of sp³-hybridized carbons (Fsp3) is 0.481. The Hall–Kier alpha value is -1.99. The van der Waals surface area contributed by atoms with Crippen LogP contribution in [-0.2, 0) is 16.0 Å². The molecule has 4 atom stereocenters. The van der Waals surface area contributed by atoms with E-state index in [1.807, 2.05) is 36.4 Å². The van der Waals surface area contributed by atoms with E-state index in [9.17, 15) is 19.8 Å². The topological polar surface area (TPSA) is 94.8 Å². The van der Waals surface area contributed by atoms with Crippen LogP contribution >= 0.6 is 22.9 Å². The number of fused-ring (bicyclic) bond motifs is 1. The number of aliphatic hydroxyl groups excluding tert-OH is 2. The van der Waals surface area contributed by atoms with Gasteiger partial charge >= 0.3 is 5.97 Å². The highest BCUT2D eigenvalue weighted by molar-refractivity contribution is 7.19. The maximum absolute atomic E-state index is 13.0. The van der Waals surface area contributed by atoms with Crippen molar-refractivity contribution in [2.24, 2.45) is 17.3 Å². The third kappa shape index (κ3) is 6.16. The maximum Gasteiger partial charge on any atom is 0.303 e. The van der Waals surface area contributed by atoms with E-state index in [0.717, 1.165) is 20.0 Å². The molecule has 0 spiro atoms. The first kappa shape index (κ1) is 26.6. The van der Waals surface area contributed by atoms with Crippen LogP contribution in [0, 0.1) is 17.3 Å². The van der Waals surface area contributed by atoms with E-state index in [2.05, 4.69) is 0 Å². The molecule has 1 aromatic heterocycles. The minimum Gasteiger partial charge on any atom is -0.481 e. The predicted molar refractivity (Wildman–Crippen MR) is 137 cm³/mol. The smallest absolute Gasteiger partial charge is 0.303 e. The van der Waals surface area contributed by atoms with Gasteiger partial charge in [0.1, 0.15) is 5.78 Å². The summed E-state index contributed by atoms with van der Waals surface area (Å²) in [4.78, 5) is 24.6. The Morgan fingerprint density at radius 3 is 2.71 bits per heavy atom. The molecule has 3 rings (SSSR count). The number of carbonyl (C=O) groups is 2. The largest absolute Gasteiger partial charge is 0.481 e. The molecule has 0 saturated heterocycles. The number of carboxylic acids is 1. The molecular weight excluding hydrogens is 472 g/mol. The number of aliphatic hydroxyl groups is 2. The number of aryl methyl sites for hydroxylation is 1. The number of ketones is 1. The summed E-state index contributed by atoms with van der Waals surface area (Å²) in [5, 5.41) is 31.9. The number of hydrogen-bond donors (Lipinski definition) is 3. The SMILES string of the molecule is CC1(C)C(=O)[C@H](CC=CCCCC(=O)O)[C@@H](C=CC(O)CCc2sc3ccccc3c2Cl)[C@@H]1O. The zero-order chi connectivity index (χ0) is 24.9. The van der Waals surface area contributed by atoms with Gasteiger partial charge in [-0.15, -0.1) is 11.3 Å². The zero-order valence-electron chi connectivity index (χ0n) is 19.6. The van der Waals surface area contributed by atoms with Gasteiger partial charge in [-0.3, -0.25) is 9.59 Å². The number of thiophene rings is 1. The molecule has 3 N–H and O–H groups in total.